The number of benzene rings is 1. The average Bonchev–Trinajstić information content (AvgIpc) is 2.88. The largest absolute Gasteiger partial charge is 0.336 e. The molecule has 1 aliphatic heterocycles. The number of Topliss-reactive ketones (excluding diaryl/α,β-unsaturated/α-hetero) is 1. The standard InChI is InChI=1S/C13H10FN3O2/c1-16-7-15-5-9(16)6-17-11-3-2-8(14)4-10(11)12(18)13(17)19/h2-5,7H,6H2,1H3. The Balaban J connectivity index is 2.02. The fraction of sp³-hybridized carbons (Fsp3) is 0.154. The number of aromatic nitrogens is 2. The Labute approximate surface area is 108 Å². The molecule has 1 aromatic carbocycles. The number of halogens is 1. The first-order chi connectivity index (χ1) is 9.08. The van der Waals surface area contributed by atoms with Crippen molar-refractivity contribution >= 4 is 17.4 Å². The maximum Gasteiger partial charge on any atom is 0.299 e. The van der Waals surface area contributed by atoms with Crippen molar-refractivity contribution < 1.29 is 14.0 Å². The van der Waals surface area contributed by atoms with Gasteiger partial charge in [0, 0.05) is 13.2 Å². The van der Waals surface area contributed by atoms with E-state index in [1.54, 1.807) is 24.1 Å². The van der Waals surface area contributed by atoms with Crippen LogP contribution in [0.15, 0.2) is 30.7 Å². The number of ketones is 1. The van der Waals surface area contributed by atoms with Crippen LogP contribution >= 0.6 is 0 Å². The molecule has 0 radical (unpaired) electrons. The van der Waals surface area contributed by atoms with E-state index in [4.69, 9.17) is 0 Å². The van der Waals surface area contributed by atoms with Gasteiger partial charge in [0.1, 0.15) is 5.82 Å². The number of imidazole rings is 1. The number of nitrogens with zero attached hydrogens (tertiary/aromatic N) is 3. The molecular weight excluding hydrogens is 249 g/mol. The molecule has 0 bridgehead atoms. The van der Waals surface area contributed by atoms with E-state index in [1.165, 1.54) is 17.0 Å². The van der Waals surface area contributed by atoms with Gasteiger partial charge in [0.05, 0.1) is 29.8 Å². The number of carbonyl (C=O) groups is 2. The monoisotopic (exact) mass is 259 g/mol. The summed E-state index contributed by atoms with van der Waals surface area (Å²) in [4.78, 5) is 29.0. The molecule has 6 heteroatoms. The summed E-state index contributed by atoms with van der Waals surface area (Å²) in [5, 5.41) is 0. The van der Waals surface area contributed by atoms with Gasteiger partial charge in [-0.25, -0.2) is 9.37 Å². The summed E-state index contributed by atoms with van der Waals surface area (Å²) in [6.45, 7) is 0.236. The lowest BCUT2D eigenvalue weighted by Gasteiger charge is -2.16. The number of hydrogen-bond donors (Lipinski definition) is 0. The van der Waals surface area contributed by atoms with Crippen LogP contribution in [0.3, 0.4) is 0 Å². The third-order valence-corrected chi connectivity index (χ3v) is 3.17. The lowest BCUT2D eigenvalue weighted by atomic mass is 10.1. The number of amides is 1. The maximum absolute atomic E-state index is 13.1. The van der Waals surface area contributed by atoms with E-state index in [-0.39, 0.29) is 12.1 Å². The highest BCUT2D eigenvalue weighted by atomic mass is 19.1. The first-order valence-corrected chi connectivity index (χ1v) is 5.69. The van der Waals surface area contributed by atoms with Gasteiger partial charge < -0.3 is 4.57 Å². The molecule has 19 heavy (non-hydrogen) atoms. The van der Waals surface area contributed by atoms with E-state index < -0.39 is 17.5 Å². The van der Waals surface area contributed by atoms with Crippen molar-refractivity contribution in [3.63, 3.8) is 0 Å². The van der Waals surface area contributed by atoms with Gasteiger partial charge in [-0.1, -0.05) is 0 Å². The van der Waals surface area contributed by atoms with Crippen molar-refractivity contribution in [2.75, 3.05) is 4.90 Å². The van der Waals surface area contributed by atoms with Crippen LogP contribution in [-0.2, 0) is 18.4 Å². The highest BCUT2D eigenvalue weighted by molar-refractivity contribution is 6.52. The van der Waals surface area contributed by atoms with Crippen molar-refractivity contribution in [1.82, 2.24) is 9.55 Å². The molecule has 0 atom stereocenters. The van der Waals surface area contributed by atoms with Gasteiger partial charge in [-0.2, -0.15) is 0 Å². The zero-order chi connectivity index (χ0) is 13.6. The smallest absolute Gasteiger partial charge is 0.299 e. The molecule has 0 N–H and O–H groups in total. The molecule has 1 aromatic heterocycles. The average molecular weight is 259 g/mol. The van der Waals surface area contributed by atoms with E-state index >= 15 is 0 Å². The Morgan fingerprint density at radius 1 is 1.32 bits per heavy atom. The van der Waals surface area contributed by atoms with E-state index in [2.05, 4.69) is 4.98 Å². The molecule has 2 heterocycles. The van der Waals surface area contributed by atoms with Crippen LogP contribution in [0, 0.1) is 5.82 Å². The normalized spacial score (nSPS) is 14.1. The van der Waals surface area contributed by atoms with Crippen LogP contribution in [0.1, 0.15) is 16.1 Å². The fourth-order valence-electron chi connectivity index (χ4n) is 2.13. The van der Waals surface area contributed by atoms with E-state index in [0.29, 0.717) is 5.69 Å². The third-order valence-electron chi connectivity index (χ3n) is 3.17. The number of rotatable bonds is 2. The summed E-state index contributed by atoms with van der Waals surface area (Å²) >= 11 is 0. The molecule has 2 aromatic rings. The minimum atomic E-state index is -0.670. The molecule has 96 valence electrons. The maximum atomic E-state index is 13.1. The summed E-state index contributed by atoms with van der Waals surface area (Å²) in [5.41, 5.74) is 1.35. The summed E-state index contributed by atoms with van der Waals surface area (Å²) in [5.74, 6) is -1.83. The lowest BCUT2D eigenvalue weighted by molar-refractivity contribution is -0.114. The summed E-state index contributed by atoms with van der Waals surface area (Å²) < 4.78 is 14.9. The lowest BCUT2D eigenvalue weighted by Crippen LogP contribution is -2.29. The third kappa shape index (κ3) is 1.72. The zero-order valence-corrected chi connectivity index (χ0v) is 10.1. The van der Waals surface area contributed by atoms with Gasteiger partial charge in [0.2, 0.25) is 0 Å². The van der Waals surface area contributed by atoms with Gasteiger partial charge in [-0.05, 0) is 18.2 Å². The molecule has 5 nitrogen and oxygen atoms in total. The van der Waals surface area contributed by atoms with Crippen molar-refractivity contribution in [1.29, 1.82) is 0 Å². The number of aryl methyl sites for hydroxylation is 1. The molecule has 0 aliphatic carbocycles. The predicted molar refractivity (Wildman–Crippen MR) is 65.1 cm³/mol. The van der Waals surface area contributed by atoms with Gasteiger partial charge >= 0.3 is 0 Å². The predicted octanol–water partition coefficient (Wildman–Crippen LogP) is 1.29. The topological polar surface area (TPSA) is 55.2 Å². The molecular formula is C13H10FN3O2. The van der Waals surface area contributed by atoms with Crippen molar-refractivity contribution in [2.24, 2.45) is 7.05 Å². The number of anilines is 1. The zero-order valence-electron chi connectivity index (χ0n) is 10.1. The molecule has 0 unspecified atom stereocenters. The molecule has 0 fully saturated rings. The highest BCUT2D eigenvalue weighted by Gasteiger charge is 2.36. The minimum absolute atomic E-state index is 0.118. The second-order valence-corrected chi connectivity index (χ2v) is 4.38. The molecule has 0 spiro atoms. The Hall–Kier alpha value is -2.50. The quantitative estimate of drug-likeness (QED) is 0.764. The molecule has 1 amide bonds. The highest BCUT2D eigenvalue weighted by Crippen LogP contribution is 2.30. The van der Waals surface area contributed by atoms with Crippen LogP contribution in [0.5, 0.6) is 0 Å². The first kappa shape index (κ1) is 11.6. The van der Waals surface area contributed by atoms with Crippen molar-refractivity contribution in [3.05, 3.63) is 47.8 Å². The van der Waals surface area contributed by atoms with Crippen LogP contribution in [0.4, 0.5) is 10.1 Å². The van der Waals surface area contributed by atoms with Crippen LogP contribution in [0.25, 0.3) is 0 Å². The van der Waals surface area contributed by atoms with Gasteiger partial charge in [-0.3, -0.25) is 14.5 Å². The Morgan fingerprint density at radius 3 is 2.79 bits per heavy atom. The Kier molecular flexibility index (Phi) is 2.45. The number of hydrogen-bond acceptors (Lipinski definition) is 3. The molecule has 1 aliphatic rings. The number of fused-ring (bicyclic) bond motifs is 1. The van der Waals surface area contributed by atoms with E-state index in [1.807, 2.05) is 0 Å². The Bertz CT molecular complexity index is 693. The first-order valence-electron chi connectivity index (χ1n) is 5.69. The summed E-state index contributed by atoms with van der Waals surface area (Å²) in [6.07, 6.45) is 3.24. The van der Waals surface area contributed by atoms with Crippen LogP contribution < -0.4 is 4.90 Å². The molecule has 3 rings (SSSR count). The van der Waals surface area contributed by atoms with Gasteiger partial charge in [0.25, 0.3) is 11.7 Å². The van der Waals surface area contributed by atoms with Crippen LogP contribution in [0.2, 0.25) is 0 Å². The second-order valence-electron chi connectivity index (χ2n) is 4.38. The second kappa shape index (κ2) is 4.01. The van der Waals surface area contributed by atoms with Crippen molar-refractivity contribution in [3.8, 4) is 0 Å². The minimum Gasteiger partial charge on any atom is -0.336 e. The molecule has 0 saturated heterocycles. The van der Waals surface area contributed by atoms with E-state index in [0.717, 1.165) is 11.8 Å². The SMILES string of the molecule is Cn1cncc1CN1C(=O)C(=O)c2cc(F)ccc21. The summed E-state index contributed by atoms with van der Waals surface area (Å²) in [6, 6.07) is 3.78. The van der Waals surface area contributed by atoms with Crippen molar-refractivity contribution in [2.45, 2.75) is 6.54 Å². The van der Waals surface area contributed by atoms with Gasteiger partial charge in [-0.15, -0.1) is 0 Å². The molecule has 0 saturated carbocycles. The van der Waals surface area contributed by atoms with E-state index in [9.17, 15) is 14.0 Å². The summed E-state index contributed by atoms with van der Waals surface area (Å²) in [7, 11) is 1.80. The Morgan fingerprint density at radius 2 is 2.11 bits per heavy atom. The van der Waals surface area contributed by atoms with Crippen LogP contribution in [-0.4, -0.2) is 21.2 Å². The van der Waals surface area contributed by atoms with Gasteiger partial charge in [0.15, 0.2) is 0 Å². The fourth-order valence-corrected chi connectivity index (χ4v) is 2.13. The number of carbonyl (C=O) groups excluding carboxylic acids is 2.